The number of fused-ring (bicyclic) bond motifs is 1. The van der Waals surface area contributed by atoms with Crippen molar-refractivity contribution in [1.82, 2.24) is 19.5 Å². The van der Waals surface area contributed by atoms with Gasteiger partial charge in [-0.25, -0.2) is 9.55 Å². The Morgan fingerprint density at radius 3 is 2.88 bits per heavy atom. The van der Waals surface area contributed by atoms with Crippen LogP contribution in [-0.4, -0.2) is 64.4 Å². The van der Waals surface area contributed by atoms with Crippen LogP contribution in [0.5, 0.6) is 0 Å². The summed E-state index contributed by atoms with van der Waals surface area (Å²) >= 11 is 0. The van der Waals surface area contributed by atoms with E-state index in [0.29, 0.717) is 0 Å². The Morgan fingerprint density at radius 1 is 1.50 bits per heavy atom. The van der Waals surface area contributed by atoms with Gasteiger partial charge in [-0.3, -0.25) is 9.09 Å². The molecule has 3 heterocycles. The van der Waals surface area contributed by atoms with Crippen LogP contribution in [0.1, 0.15) is 6.23 Å². The van der Waals surface area contributed by atoms with Gasteiger partial charge in [0, 0.05) is 0 Å². The molecule has 0 bridgehead atoms. The summed E-state index contributed by atoms with van der Waals surface area (Å²) in [6.07, 6.45) is -5.87. The molecule has 1 aliphatic heterocycles. The van der Waals surface area contributed by atoms with Crippen molar-refractivity contribution in [1.29, 1.82) is 0 Å². The lowest BCUT2D eigenvalue weighted by Crippen LogP contribution is -2.37. The first kappa shape index (κ1) is 17.1. The zero-order chi connectivity index (χ0) is 17.6. The number of aliphatic hydroxyl groups excluding tert-OH is 2. The van der Waals surface area contributed by atoms with Crippen LogP contribution >= 0.6 is 7.82 Å². The predicted molar refractivity (Wildman–Crippen MR) is 73.6 cm³/mol. The predicted octanol–water partition coefficient (Wildman–Crippen LogP) is -1.72. The molecule has 0 aromatic carbocycles. The van der Waals surface area contributed by atoms with E-state index in [-0.39, 0.29) is 23.6 Å². The molecule has 1 saturated heterocycles. The van der Waals surface area contributed by atoms with E-state index in [4.69, 9.17) is 20.3 Å². The topological polar surface area (TPSA) is 186 Å². The molecule has 132 valence electrons. The molecule has 0 saturated carbocycles. The van der Waals surface area contributed by atoms with Gasteiger partial charge in [-0.05, 0) is 0 Å². The molecule has 1 unspecified atom stereocenters. The minimum absolute atomic E-state index is 0.0333. The third-order valence-corrected chi connectivity index (χ3v) is 3.99. The second kappa shape index (κ2) is 5.97. The number of halogens is 1. The molecule has 1 fully saturated rings. The van der Waals surface area contributed by atoms with Crippen LogP contribution in [-0.2, 0) is 13.8 Å². The first-order valence-corrected chi connectivity index (χ1v) is 8.07. The van der Waals surface area contributed by atoms with Crippen LogP contribution in [0.25, 0.3) is 11.2 Å². The summed E-state index contributed by atoms with van der Waals surface area (Å²) in [7, 11) is -4.85. The van der Waals surface area contributed by atoms with E-state index in [1.807, 2.05) is 0 Å². The van der Waals surface area contributed by atoms with Crippen LogP contribution in [0.2, 0.25) is 0 Å². The Hall–Kier alpha value is -1.73. The zero-order valence-electron chi connectivity index (χ0n) is 11.8. The van der Waals surface area contributed by atoms with Gasteiger partial charge in [-0.2, -0.15) is 14.4 Å². The maximum Gasteiger partial charge on any atom is 0.470 e. The number of phosphoric ester groups is 1. The number of nitrogens with two attached hydrogens (primary N) is 1. The third kappa shape index (κ3) is 3.10. The fourth-order valence-corrected chi connectivity index (χ4v) is 2.95. The molecule has 14 heteroatoms. The molecule has 3 rings (SSSR count). The Balaban J connectivity index is 1.88. The summed E-state index contributed by atoms with van der Waals surface area (Å²) in [5.41, 5.74) is 5.40. The standard InChI is InChI=1S/C10H13FN5O7P/c11-10-14-7(12)4-8(15-10)16(2-13-4)9(18)6-5(17)3(1-22-6)23-24(19,20)21/h2-3,5-6,9,17-18H,1H2,(H2,12,14,15)(H2,19,20,21)/t3-,5-,6-,9?/m0/s1. The van der Waals surface area contributed by atoms with Crippen LogP contribution in [0.3, 0.4) is 0 Å². The number of anilines is 1. The van der Waals surface area contributed by atoms with E-state index in [0.717, 1.165) is 10.9 Å². The molecule has 0 spiro atoms. The van der Waals surface area contributed by atoms with Crippen LogP contribution in [0.4, 0.5) is 10.2 Å². The molecule has 0 aliphatic carbocycles. The molecule has 2 aromatic heterocycles. The van der Waals surface area contributed by atoms with Gasteiger partial charge in [0.05, 0.1) is 12.9 Å². The lowest BCUT2D eigenvalue weighted by molar-refractivity contribution is -0.0814. The lowest BCUT2D eigenvalue weighted by atomic mass is 10.1. The van der Waals surface area contributed by atoms with Gasteiger partial charge in [0.1, 0.15) is 18.3 Å². The van der Waals surface area contributed by atoms with Crippen molar-refractivity contribution >= 4 is 24.8 Å². The molecule has 0 radical (unpaired) electrons. The van der Waals surface area contributed by atoms with E-state index in [1.54, 1.807) is 0 Å². The summed E-state index contributed by atoms with van der Waals surface area (Å²) in [5, 5.41) is 20.4. The van der Waals surface area contributed by atoms with Crippen molar-refractivity contribution < 1.29 is 38.2 Å². The van der Waals surface area contributed by atoms with Crippen molar-refractivity contribution in [3.63, 3.8) is 0 Å². The highest BCUT2D eigenvalue weighted by atomic mass is 31.2. The summed E-state index contributed by atoms with van der Waals surface area (Å²) in [4.78, 5) is 28.2. The number of nitrogen functional groups attached to an aromatic ring is 1. The van der Waals surface area contributed by atoms with Gasteiger partial charge in [0.25, 0.3) is 0 Å². The fourth-order valence-electron chi connectivity index (χ4n) is 2.41. The molecular weight excluding hydrogens is 352 g/mol. The van der Waals surface area contributed by atoms with Crippen molar-refractivity contribution in [3.8, 4) is 0 Å². The van der Waals surface area contributed by atoms with Crippen molar-refractivity contribution in [2.45, 2.75) is 24.5 Å². The normalized spacial score (nSPS) is 26.1. The smallest absolute Gasteiger partial charge is 0.387 e. The number of aliphatic hydroxyl groups is 2. The highest BCUT2D eigenvalue weighted by Gasteiger charge is 2.44. The minimum Gasteiger partial charge on any atom is -0.387 e. The maximum atomic E-state index is 13.3. The highest BCUT2D eigenvalue weighted by molar-refractivity contribution is 7.46. The Morgan fingerprint density at radius 2 is 2.21 bits per heavy atom. The summed E-state index contributed by atoms with van der Waals surface area (Å²) < 4.78 is 34.7. The molecule has 2 aromatic rings. The third-order valence-electron chi connectivity index (χ3n) is 3.44. The van der Waals surface area contributed by atoms with Crippen molar-refractivity contribution in [2.75, 3.05) is 12.3 Å². The number of ether oxygens (including phenoxy) is 1. The number of rotatable bonds is 4. The van der Waals surface area contributed by atoms with Crippen LogP contribution in [0, 0.1) is 6.08 Å². The number of phosphoric acid groups is 1. The van der Waals surface area contributed by atoms with E-state index in [1.165, 1.54) is 0 Å². The second-order valence-electron chi connectivity index (χ2n) is 5.04. The van der Waals surface area contributed by atoms with Crippen molar-refractivity contribution in [3.05, 3.63) is 12.4 Å². The highest BCUT2D eigenvalue weighted by Crippen LogP contribution is 2.41. The quantitative estimate of drug-likeness (QED) is 0.306. The van der Waals surface area contributed by atoms with Gasteiger partial charge < -0.3 is 30.5 Å². The van der Waals surface area contributed by atoms with Gasteiger partial charge in [0.15, 0.2) is 23.2 Å². The maximum absolute atomic E-state index is 13.3. The van der Waals surface area contributed by atoms with Gasteiger partial charge in [-0.1, -0.05) is 0 Å². The first-order chi connectivity index (χ1) is 11.2. The largest absolute Gasteiger partial charge is 0.470 e. The van der Waals surface area contributed by atoms with E-state index in [2.05, 4.69) is 19.5 Å². The Kier molecular flexibility index (Phi) is 4.25. The van der Waals surface area contributed by atoms with E-state index in [9.17, 15) is 19.2 Å². The lowest BCUT2D eigenvalue weighted by Gasteiger charge is -2.23. The van der Waals surface area contributed by atoms with E-state index >= 15 is 0 Å². The molecule has 12 nitrogen and oxygen atoms in total. The monoisotopic (exact) mass is 365 g/mol. The minimum atomic E-state index is -4.85. The second-order valence-corrected chi connectivity index (χ2v) is 6.23. The number of aromatic nitrogens is 4. The van der Waals surface area contributed by atoms with Crippen LogP contribution < -0.4 is 5.73 Å². The average molecular weight is 365 g/mol. The van der Waals surface area contributed by atoms with Crippen LogP contribution in [0.15, 0.2) is 6.33 Å². The fraction of sp³-hybridized carbons (Fsp3) is 0.500. The van der Waals surface area contributed by atoms with Crippen molar-refractivity contribution in [2.24, 2.45) is 0 Å². The van der Waals surface area contributed by atoms with Gasteiger partial charge in [-0.15, -0.1) is 0 Å². The summed E-state index contributed by atoms with van der Waals surface area (Å²) in [5.74, 6) is -0.237. The molecule has 1 aliphatic rings. The number of imidazole rings is 1. The van der Waals surface area contributed by atoms with E-state index < -0.39 is 38.4 Å². The summed E-state index contributed by atoms with van der Waals surface area (Å²) in [6, 6.07) is 0. The SMILES string of the molecule is Nc1nc(F)nc2c1ncn2C(O)[C@H]1OC[C@H](OP(=O)(O)O)[C@@H]1O. The Labute approximate surface area is 132 Å². The van der Waals surface area contributed by atoms with Gasteiger partial charge >= 0.3 is 13.9 Å². The number of nitrogens with zero attached hydrogens (tertiary/aromatic N) is 4. The molecule has 6 N–H and O–H groups in total. The average Bonchev–Trinajstić information content (AvgIpc) is 3.02. The number of hydrogen-bond donors (Lipinski definition) is 5. The molecule has 4 atom stereocenters. The molecule has 24 heavy (non-hydrogen) atoms. The first-order valence-electron chi connectivity index (χ1n) is 6.54. The molecule has 0 amide bonds. The van der Waals surface area contributed by atoms with Gasteiger partial charge in [0.2, 0.25) is 0 Å². The Bertz CT molecular complexity index is 812. The zero-order valence-corrected chi connectivity index (χ0v) is 12.7. The summed E-state index contributed by atoms with van der Waals surface area (Å²) in [6.45, 7) is -0.369. The number of hydrogen-bond acceptors (Lipinski definition) is 9. The molecular formula is C10H13FN5O7P.